The molecule has 0 atom stereocenters. The SMILES string of the molecule is Cc1c[nH]c2ncnc(N3C=C(C(=O)NCC4CCCC4)SCC3)c12. The van der Waals surface area contributed by atoms with E-state index in [1.807, 2.05) is 19.3 Å². The number of fused-ring (bicyclic) bond motifs is 1. The molecule has 2 aromatic heterocycles. The number of aryl methyl sites for hydroxylation is 1. The molecule has 4 rings (SSSR count). The van der Waals surface area contributed by atoms with Crippen LogP contribution in [0.15, 0.2) is 23.6 Å². The molecule has 0 unspecified atom stereocenters. The van der Waals surface area contributed by atoms with Gasteiger partial charge in [-0.1, -0.05) is 12.8 Å². The zero-order chi connectivity index (χ0) is 17.2. The Labute approximate surface area is 151 Å². The molecule has 0 saturated heterocycles. The standard InChI is InChI=1S/C18H23N5OS/c1-12-8-19-16-15(12)17(22-11-21-16)23-6-7-25-14(10-23)18(24)20-9-13-4-2-3-5-13/h8,10-11,13H,2-7,9H2,1H3,(H,20,24)(H,19,21,22). The van der Waals surface area contributed by atoms with Gasteiger partial charge in [-0.3, -0.25) is 4.79 Å². The van der Waals surface area contributed by atoms with Crippen molar-refractivity contribution in [2.45, 2.75) is 32.6 Å². The van der Waals surface area contributed by atoms with Crippen molar-refractivity contribution in [1.82, 2.24) is 20.3 Å². The highest BCUT2D eigenvalue weighted by molar-refractivity contribution is 8.04. The summed E-state index contributed by atoms with van der Waals surface area (Å²) < 4.78 is 0. The van der Waals surface area contributed by atoms with Gasteiger partial charge in [0, 0.05) is 31.2 Å². The summed E-state index contributed by atoms with van der Waals surface area (Å²) in [6.45, 7) is 3.68. The van der Waals surface area contributed by atoms with Crippen molar-refractivity contribution < 1.29 is 4.79 Å². The summed E-state index contributed by atoms with van der Waals surface area (Å²) in [7, 11) is 0. The number of nitrogens with one attached hydrogen (secondary N) is 2. The molecular weight excluding hydrogens is 334 g/mol. The molecule has 1 amide bonds. The van der Waals surface area contributed by atoms with Crippen LogP contribution >= 0.6 is 11.8 Å². The molecule has 0 aromatic carbocycles. The summed E-state index contributed by atoms with van der Waals surface area (Å²) in [5.41, 5.74) is 1.95. The molecule has 0 bridgehead atoms. The van der Waals surface area contributed by atoms with Crippen molar-refractivity contribution >= 4 is 34.5 Å². The predicted molar refractivity (Wildman–Crippen MR) is 101 cm³/mol. The minimum atomic E-state index is 0.0395. The number of aromatic amines is 1. The second-order valence-corrected chi connectivity index (χ2v) is 7.93. The third-order valence-electron chi connectivity index (χ3n) is 5.03. The Morgan fingerprint density at radius 1 is 1.40 bits per heavy atom. The topological polar surface area (TPSA) is 73.9 Å². The molecule has 3 heterocycles. The predicted octanol–water partition coefficient (Wildman–Crippen LogP) is 2.97. The van der Waals surface area contributed by atoms with E-state index < -0.39 is 0 Å². The van der Waals surface area contributed by atoms with E-state index in [2.05, 4.69) is 25.2 Å². The number of hydrogen-bond acceptors (Lipinski definition) is 5. The summed E-state index contributed by atoms with van der Waals surface area (Å²) >= 11 is 1.62. The maximum absolute atomic E-state index is 12.5. The number of aromatic nitrogens is 3. The fourth-order valence-corrected chi connectivity index (χ4v) is 4.56. The first kappa shape index (κ1) is 16.4. The van der Waals surface area contributed by atoms with Gasteiger partial charge in [-0.05, 0) is 31.2 Å². The molecule has 2 aromatic rings. The zero-order valence-corrected chi connectivity index (χ0v) is 15.2. The van der Waals surface area contributed by atoms with Crippen LogP contribution in [0.2, 0.25) is 0 Å². The van der Waals surface area contributed by atoms with Gasteiger partial charge in [-0.15, -0.1) is 11.8 Å². The highest BCUT2D eigenvalue weighted by atomic mass is 32.2. The van der Waals surface area contributed by atoms with Crippen LogP contribution in [0.25, 0.3) is 11.0 Å². The molecule has 2 aliphatic rings. The molecular formula is C18H23N5OS. The fourth-order valence-electron chi connectivity index (χ4n) is 3.64. The quantitative estimate of drug-likeness (QED) is 0.880. The van der Waals surface area contributed by atoms with E-state index in [1.165, 1.54) is 25.7 Å². The number of carbonyl (C=O) groups excluding carboxylic acids is 1. The molecule has 0 radical (unpaired) electrons. The number of anilines is 1. The number of H-pyrrole nitrogens is 1. The van der Waals surface area contributed by atoms with Crippen molar-refractivity contribution in [3.05, 3.63) is 29.2 Å². The summed E-state index contributed by atoms with van der Waals surface area (Å²) in [6, 6.07) is 0. The van der Waals surface area contributed by atoms with Crippen molar-refractivity contribution in [2.75, 3.05) is 23.7 Å². The van der Waals surface area contributed by atoms with E-state index in [1.54, 1.807) is 18.1 Å². The van der Waals surface area contributed by atoms with Gasteiger partial charge in [0.05, 0.1) is 10.3 Å². The van der Waals surface area contributed by atoms with E-state index in [4.69, 9.17) is 0 Å². The van der Waals surface area contributed by atoms with E-state index in [0.29, 0.717) is 5.92 Å². The molecule has 132 valence electrons. The average Bonchev–Trinajstić information content (AvgIpc) is 3.30. The van der Waals surface area contributed by atoms with E-state index in [-0.39, 0.29) is 5.91 Å². The Bertz CT molecular complexity index is 809. The number of hydrogen-bond donors (Lipinski definition) is 2. The van der Waals surface area contributed by atoms with Crippen LogP contribution in [0.4, 0.5) is 5.82 Å². The van der Waals surface area contributed by atoms with E-state index >= 15 is 0 Å². The number of nitrogens with zero attached hydrogens (tertiary/aromatic N) is 3. The monoisotopic (exact) mass is 357 g/mol. The Morgan fingerprint density at radius 2 is 2.24 bits per heavy atom. The minimum absolute atomic E-state index is 0.0395. The number of amides is 1. The average molecular weight is 357 g/mol. The van der Waals surface area contributed by atoms with Crippen LogP contribution in [0.3, 0.4) is 0 Å². The first-order valence-electron chi connectivity index (χ1n) is 8.90. The van der Waals surface area contributed by atoms with Gasteiger partial charge in [0.25, 0.3) is 5.91 Å². The maximum Gasteiger partial charge on any atom is 0.259 e. The molecule has 6 nitrogen and oxygen atoms in total. The lowest BCUT2D eigenvalue weighted by Gasteiger charge is -2.26. The van der Waals surface area contributed by atoms with Gasteiger partial charge >= 0.3 is 0 Å². The van der Waals surface area contributed by atoms with Crippen molar-refractivity contribution in [1.29, 1.82) is 0 Å². The van der Waals surface area contributed by atoms with Gasteiger partial charge in [-0.25, -0.2) is 9.97 Å². The van der Waals surface area contributed by atoms with Gasteiger partial charge in [-0.2, -0.15) is 0 Å². The summed E-state index contributed by atoms with van der Waals surface area (Å²) in [6.07, 6.45) is 10.5. The second kappa shape index (κ2) is 7.07. The maximum atomic E-state index is 12.5. The third kappa shape index (κ3) is 3.38. The van der Waals surface area contributed by atoms with Crippen LogP contribution in [0, 0.1) is 12.8 Å². The van der Waals surface area contributed by atoms with Gasteiger partial charge in [0.2, 0.25) is 0 Å². The van der Waals surface area contributed by atoms with Crippen molar-refractivity contribution in [3.8, 4) is 0 Å². The summed E-state index contributed by atoms with van der Waals surface area (Å²) in [4.78, 5) is 27.3. The van der Waals surface area contributed by atoms with E-state index in [0.717, 1.165) is 46.2 Å². The Morgan fingerprint density at radius 3 is 3.08 bits per heavy atom. The molecule has 25 heavy (non-hydrogen) atoms. The Hall–Kier alpha value is -2.02. The van der Waals surface area contributed by atoms with Crippen LogP contribution in [0.5, 0.6) is 0 Å². The molecule has 2 N–H and O–H groups in total. The smallest absolute Gasteiger partial charge is 0.259 e. The lowest BCUT2D eigenvalue weighted by atomic mass is 10.1. The zero-order valence-electron chi connectivity index (χ0n) is 14.4. The van der Waals surface area contributed by atoms with Crippen molar-refractivity contribution in [2.24, 2.45) is 5.92 Å². The van der Waals surface area contributed by atoms with Gasteiger partial charge < -0.3 is 15.2 Å². The number of thioether (sulfide) groups is 1. The largest absolute Gasteiger partial charge is 0.351 e. The van der Waals surface area contributed by atoms with E-state index in [9.17, 15) is 4.79 Å². The molecule has 1 saturated carbocycles. The lowest BCUT2D eigenvalue weighted by molar-refractivity contribution is -0.117. The highest BCUT2D eigenvalue weighted by Crippen LogP contribution is 2.31. The Balaban J connectivity index is 1.53. The highest BCUT2D eigenvalue weighted by Gasteiger charge is 2.22. The first-order chi connectivity index (χ1) is 12.2. The van der Waals surface area contributed by atoms with Crippen LogP contribution in [-0.2, 0) is 4.79 Å². The Kier molecular flexibility index (Phi) is 4.65. The van der Waals surface area contributed by atoms with Crippen LogP contribution in [-0.4, -0.2) is 39.7 Å². The van der Waals surface area contributed by atoms with Gasteiger partial charge in [0.15, 0.2) is 0 Å². The molecule has 1 fully saturated rings. The van der Waals surface area contributed by atoms with Crippen LogP contribution < -0.4 is 10.2 Å². The molecule has 1 aliphatic carbocycles. The normalized spacial score (nSPS) is 18.6. The van der Waals surface area contributed by atoms with Crippen LogP contribution in [0.1, 0.15) is 31.2 Å². The van der Waals surface area contributed by atoms with Crippen molar-refractivity contribution in [3.63, 3.8) is 0 Å². The minimum Gasteiger partial charge on any atom is -0.351 e. The summed E-state index contributed by atoms with van der Waals surface area (Å²) in [5, 5.41) is 4.14. The molecule has 0 spiro atoms. The number of carbonyl (C=O) groups is 1. The number of rotatable bonds is 4. The fraction of sp³-hybridized carbons (Fsp3) is 0.500. The second-order valence-electron chi connectivity index (χ2n) is 6.79. The van der Waals surface area contributed by atoms with Gasteiger partial charge in [0.1, 0.15) is 17.8 Å². The molecule has 1 aliphatic heterocycles. The lowest BCUT2D eigenvalue weighted by Crippen LogP contribution is -2.33. The first-order valence-corrected chi connectivity index (χ1v) is 9.89. The summed E-state index contributed by atoms with van der Waals surface area (Å²) in [5.74, 6) is 2.43. The third-order valence-corrected chi connectivity index (χ3v) is 6.02. The molecule has 7 heteroatoms.